The van der Waals surface area contributed by atoms with Crippen LogP contribution in [0.3, 0.4) is 0 Å². The van der Waals surface area contributed by atoms with Crippen molar-refractivity contribution in [3.63, 3.8) is 0 Å². The zero-order valence-corrected chi connectivity index (χ0v) is 9.17. The lowest BCUT2D eigenvalue weighted by Crippen LogP contribution is -2.17. The first-order valence-electron chi connectivity index (χ1n) is 4.91. The summed E-state index contributed by atoms with van der Waals surface area (Å²) in [6, 6.07) is 3.30. The molecule has 0 aromatic carbocycles. The third-order valence-corrected chi connectivity index (χ3v) is 2.18. The Morgan fingerprint density at radius 3 is 2.76 bits per heavy atom. The van der Waals surface area contributed by atoms with Crippen molar-refractivity contribution in [3.05, 3.63) is 34.2 Å². The number of nitrogens with zero attached hydrogens (tertiary/aromatic N) is 3. The molecule has 0 saturated heterocycles. The van der Waals surface area contributed by atoms with Crippen LogP contribution in [0, 0.1) is 0 Å². The second-order valence-corrected chi connectivity index (χ2v) is 3.25. The second-order valence-electron chi connectivity index (χ2n) is 3.25. The number of nitrogens with two attached hydrogens (primary N) is 1. The highest BCUT2D eigenvalue weighted by Crippen LogP contribution is 2.11. The fourth-order valence-electron chi connectivity index (χ4n) is 1.25. The zero-order valence-electron chi connectivity index (χ0n) is 9.17. The van der Waals surface area contributed by atoms with Crippen molar-refractivity contribution in [2.45, 2.75) is 6.54 Å². The van der Waals surface area contributed by atoms with Crippen molar-refractivity contribution in [1.29, 1.82) is 0 Å². The maximum absolute atomic E-state index is 11.5. The summed E-state index contributed by atoms with van der Waals surface area (Å²) in [5, 5.41) is 7.66. The number of rotatable bonds is 3. The van der Waals surface area contributed by atoms with Gasteiger partial charge in [0.2, 0.25) is 5.88 Å². The minimum absolute atomic E-state index is 0.150. The molecule has 2 heterocycles. The number of hydrogen-bond donors (Lipinski definition) is 2. The molecule has 0 aliphatic rings. The molecule has 88 valence electrons. The van der Waals surface area contributed by atoms with Gasteiger partial charge in [0.1, 0.15) is 5.69 Å². The molecular weight excluding hydrogens is 222 g/mol. The van der Waals surface area contributed by atoms with Crippen LogP contribution in [-0.2, 0) is 6.54 Å². The average molecular weight is 233 g/mol. The SMILES string of the molecule is COc1ccc(-c2ncc(CN)c(=O)[nH]2)nn1. The molecule has 0 amide bonds. The molecule has 0 atom stereocenters. The normalized spacial score (nSPS) is 10.2. The van der Waals surface area contributed by atoms with E-state index in [4.69, 9.17) is 10.5 Å². The number of nitrogens with one attached hydrogen (secondary N) is 1. The number of hydrogen-bond acceptors (Lipinski definition) is 6. The maximum Gasteiger partial charge on any atom is 0.255 e. The Labute approximate surface area is 96.7 Å². The van der Waals surface area contributed by atoms with Crippen LogP contribution in [0.4, 0.5) is 0 Å². The number of aromatic amines is 1. The van der Waals surface area contributed by atoms with Crippen molar-refractivity contribution in [2.75, 3.05) is 7.11 Å². The largest absolute Gasteiger partial charge is 0.480 e. The summed E-state index contributed by atoms with van der Waals surface area (Å²) in [5.41, 5.74) is 5.99. The van der Waals surface area contributed by atoms with E-state index < -0.39 is 0 Å². The smallest absolute Gasteiger partial charge is 0.255 e. The van der Waals surface area contributed by atoms with Crippen LogP contribution < -0.4 is 16.0 Å². The lowest BCUT2D eigenvalue weighted by atomic mass is 10.3. The quantitative estimate of drug-likeness (QED) is 0.753. The van der Waals surface area contributed by atoms with Gasteiger partial charge in [-0.1, -0.05) is 0 Å². The Hall–Kier alpha value is -2.28. The van der Waals surface area contributed by atoms with E-state index in [0.717, 1.165) is 0 Å². The summed E-state index contributed by atoms with van der Waals surface area (Å²) < 4.78 is 4.88. The van der Waals surface area contributed by atoms with Gasteiger partial charge in [-0.3, -0.25) is 4.79 Å². The molecule has 17 heavy (non-hydrogen) atoms. The molecular formula is C10H11N5O2. The maximum atomic E-state index is 11.5. The summed E-state index contributed by atoms with van der Waals surface area (Å²) >= 11 is 0. The van der Waals surface area contributed by atoms with Crippen molar-refractivity contribution in [1.82, 2.24) is 20.2 Å². The van der Waals surface area contributed by atoms with E-state index in [1.807, 2.05) is 0 Å². The number of methoxy groups -OCH3 is 1. The van der Waals surface area contributed by atoms with Crippen LogP contribution in [0.1, 0.15) is 5.56 Å². The molecule has 2 aromatic heterocycles. The average Bonchev–Trinajstić information content (AvgIpc) is 2.39. The number of ether oxygens (including phenoxy) is 1. The molecule has 0 saturated carbocycles. The third kappa shape index (κ3) is 2.28. The highest BCUT2D eigenvalue weighted by Gasteiger charge is 2.05. The highest BCUT2D eigenvalue weighted by molar-refractivity contribution is 5.47. The number of aromatic nitrogens is 4. The molecule has 0 aliphatic carbocycles. The monoisotopic (exact) mass is 233 g/mol. The van der Waals surface area contributed by atoms with Gasteiger partial charge in [-0.25, -0.2) is 4.98 Å². The fourth-order valence-corrected chi connectivity index (χ4v) is 1.25. The summed E-state index contributed by atoms with van der Waals surface area (Å²) in [6.45, 7) is 0.150. The zero-order chi connectivity index (χ0) is 12.3. The molecule has 0 bridgehead atoms. The van der Waals surface area contributed by atoms with Crippen LogP contribution in [-0.4, -0.2) is 27.3 Å². The Morgan fingerprint density at radius 1 is 1.41 bits per heavy atom. The minimum atomic E-state index is -0.268. The Bertz CT molecular complexity index is 564. The Morgan fingerprint density at radius 2 is 2.24 bits per heavy atom. The lowest BCUT2D eigenvalue weighted by molar-refractivity contribution is 0.392. The first-order chi connectivity index (χ1) is 8.24. The summed E-state index contributed by atoms with van der Waals surface area (Å²) in [6.07, 6.45) is 1.43. The third-order valence-electron chi connectivity index (χ3n) is 2.18. The van der Waals surface area contributed by atoms with Crippen molar-refractivity contribution in [2.24, 2.45) is 5.73 Å². The molecule has 3 N–H and O–H groups in total. The van der Waals surface area contributed by atoms with Gasteiger partial charge in [0.25, 0.3) is 5.56 Å². The van der Waals surface area contributed by atoms with Gasteiger partial charge in [-0.15, -0.1) is 10.2 Å². The molecule has 0 aliphatic heterocycles. The van der Waals surface area contributed by atoms with E-state index in [2.05, 4.69) is 20.2 Å². The molecule has 2 rings (SSSR count). The fraction of sp³-hybridized carbons (Fsp3) is 0.200. The summed E-state index contributed by atoms with van der Waals surface area (Å²) in [5.74, 6) is 0.747. The summed E-state index contributed by atoms with van der Waals surface area (Å²) in [4.78, 5) is 18.2. The first-order valence-corrected chi connectivity index (χ1v) is 4.91. The molecule has 0 fully saturated rings. The second kappa shape index (κ2) is 4.71. The standard InChI is InChI=1S/C10H11N5O2/c1-17-8-3-2-7(14-15-8)9-12-5-6(4-11)10(16)13-9/h2-3,5H,4,11H2,1H3,(H,12,13,16). The van der Waals surface area contributed by atoms with E-state index >= 15 is 0 Å². The molecule has 7 heteroatoms. The first kappa shape index (κ1) is 11.2. The van der Waals surface area contributed by atoms with Crippen LogP contribution in [0.2, 0.25) is 0 Å². The van der Waals surface area contributed by atoms with E-state index in [1.165, 1.54) is 13.3 Å². The predicted molar refractivity (Wildman–Crippen MR) is 60.3 cm³/mol. The molecule has 0 spiro atoms. The lowest BCUT2D eigenvalue weighted by Gasteiger charge is -2.01. The van der Waals surface area contributed by atoms with Crippen molar-refractivity contribution in [3.8, 4) is 17.4 Å². The van der Waals surface area contributed by atoms with Gasteiger partial charge in [0.15, 0.2) is 5.82 Å². The predicted octanol–water partition coefficient (Wildman–Crippen LogP) is -0.306. The van der Waals surface area contributed by atoms with Gasteiger partial charge >= 0.3 is 0 Å². The van der Waals surface area contributed by atoms with E-state index in [0.29, 0.717) is 23.0 Å². The minimum Gasteiger partial charge on any atom is -0.480 e. The van der Waals surface area contributed by atoms with Gasteiger partial charge < -0.3 is 15.5 Å². The molecule has 7 nitrogen and oxygen atoms in total. The van der Waals surface area contributed by atoms with Crippen molar-refractivity contribution >= 4 is 0 Å². The van der Waals surface area contributed by atoms with Crippen LogP contribution >= 0.6 is 0 Å². The molecule has 0 unspecified atom stereocenters. The van der Waals surface area contributed by atoms with E-state index in [-0.39, 0.29) is 12.1 Å². The molecule has 2 aromatic rings. The Balaban J connectivity index is 2.39. The molecule has 0 radical (unpaired) electrons. The van der Waals surface area contributed by atoms with Crippen LogP contribution in [0.5, 0.6) is 5.88 Å². The Kier molecular flexibility index (Phi) is 3.10. The number of H-pyrrole nitrogens is 1. The summed E-state index contributed by atoms with van der Waals surface area (Å²) in [7, 11) is 1.50. The van der Waals surface area contributed by atoms with Gasteiger partial charge in [-0.05, 0) is 6.07 Å². The van der Waals surface area contributed by atoms with E-state index in [1.54, 1.807) is 12.1 Å². The van der Waals surface area contributed by atoms with Crippen LogP contribution in [0.15, 0.2) is 23.1 Å². The van der Waals surface area contributed by atoms with E-state index in [9.17, 15) is 4.79 Å². The van der Waals surface area contributed by atoms with Gasteiger partial charge in [0.05, 0.1) is 7.11 Å². The highest BCUT2D eigenvalue weighted by atomic mass is 16.5. The van der Waals surface area contributed by atoms with Crippen LogP contribution in [0.25, 0.3) is 11.5 Å². The van der Waals surface area contributed by atoms with Crippen molar-refractivity contribution < 1.29 is 4.74 Å². The van der Waals surface area contributed by atoms with Gasteiger partial charge in [0, 0.05) is 24.4 Å². The van der Waals surface area contributed by atoms with Gasteiger partial charge in [-0.2, -0.15) is 0 Å². The topological polar surface area (TPSA) is 107 Å².